The first-order valence-electron chi connectivity index (χ1n) is 12.6. The van der Waals surface area contributed by atoms with Crippen LogP contribution in [0.4, 0.5) is 4.39 Å². The van der Waals surface area contributed by atoms with Crippen LogP contribution < -0.4 is 20.9 Å². The molecule has 0 amide bonds. The van der Waals surface area contributed by atoms with Crippen LogP contribution in [0.25, 0.3) is 0 Å². The molecule has 0 aliphatic carbocycles. The van der Waals surface area contributed by atoms with Crippen LogP contribution in [-0.4, -0.2) is 45.0 Å². The van der Waals surface area contributed by atoms with Crippen molar-refractivity contribution in [1.82, 2.24) is 14.6 Å². The highest BCUT2D eigenvalue weighted by molar-refractivity contribution is 7.52. The zero-order valence-corrected chi connectivity index (χ0v) is 22.8. The number of rotatable bonds is 12. The summed E-state index contributed by atoms with van der Waals surface area (Å²) in [6, 6.07) is 15.8. The summed E-state index contributed by atoms with van der Waals surface area (Å²) in [5.41, 5.74) is -1.40. The summed E-state index contributed by atoms with van der Waals surface area (Å²) in [6.45, 7) is 5.06. The highest BCUT2D eigenvalue weighted by atomic mass is 31.2. The van der Waals surface area contributed by atoms with Crippen molar-refractivity contribution in [2.24, 2.45) is 0 Å². The van der Waals surface area contributed by atoms with Crippen molar-refractivity contribution in [1.29, 1.82) is 0 Å². The average Bonchev–Trinajstić information content (AvgIpc) is 3.34. The molecule has 2 heterocycles. The second kappa shape index (κ2) is 13.2. The molecule has 218 valence electrons. The molecular weight excluding hydrogens is 560 g/mol. The molecule has 0 bridgehead atoms. The lowest BCUT2D eigenvalue weighted by Crippen LogP contribution is -2.40. The van der Waals surface area contributed by atoms with E-state index in [1.54, 1.807) is 42.5 Å². The average molecular weight is 590 g/mol. The summed E-state index contributed by atoms with van der Waals surface area (Å²) in [7, 11) is -4.40. The van der Waals surface area contributed by atoms with Gasteiger partial charge in [-0.3, -0.25) is 23.7 Å². The van der Waals surface area contributed by atoms with Gasteiger partial charge in [-0.15, -0.1) is 6.58 Å². The number of aromatic nitrogens is 2. The molecular formula is C27H29FN3O9P. The maximum Gasteiger partial charge on any atom is 0.460 e. The van der Waals surface area contributed by atoms with Crippen molar-refractivity contribution >= 4 is 13.7 Å². The number of carbonyl (C=O) groups is 1. The number of aliphatic hydroxyl groups excluding tert-OH is 1. The third-order valence-electron chi connectivity index (χ3n) is 6.09. The predicted octanol–water partition coefficient (Wildman–Crippen LogP) is 2.80. The zero-order chi connectivity index (χ0) is 29.6. The van der Waals surface area contributed by atoms with Crippen molar-refractivity contribution in [2.75, 3.05) is 0 Å². The minimum absolute atomic E-state index is 0.0140. The van der Waals surface area contributed by atoms with Gasteiger partial charge in [0.05, 0.1) is 12.3 Å². The largest absolute Gasteiger partial charge is 0.460 e. The Balaban J connectivity index is 1.51. The molecule has 12 nitrogen and oxygen atoms in total. The van der Waals surface area contributed by atoms with Crippen molar-refractivity contribution < 1.29 is 37.4 Å². The second-order valence-corrected chi connectivity index (χ2v) is 10.8. The van der Waals surface area contributed by atoms with Gasteiger partial charge < -0.3 is 19.1 Å². The molecule has 1 saturated heterocycles. The number of ether oxygens (including phenoxy) is 2. The molecule has 0 radical (unpaired) electrons. The Hall–Kier alpha value is -3.87. The minimum Gasteiger partial charge on any atom is -0.460 e. The van der Waals surface area contributed by atoms with E-state index in [1.165, 1.54) is 25.1 Å². The van der Waals surface area contributed by atoms with Crippen molar-refractivity contribution in [2.45, 2.75) is 50.5 Å². The number of halogens is 1. The van der Waals surface area contributed by atoms with E-state index >= 15 is 0 Å². The fourth-order valence-corrected chi connectivity index (χ4v) is 5.72. The maximum absolute atomic E-state index is 14.0. The molecule has 41 heavy (non-hydrogen) atoms. The molecule has 3 aromatic rings. The third kappa shape index (κ3) is 7.66. The maximum atomic E-state index is 14.0. The number of carbonyl (C=O) groups excluding carboxylic acids is 1. The Bertz CT molecular complexity index is 1520. The van der Waals surface area contributed by atoms with Gasteiger partial charge in [0.25, 0.3) is 5.56 Å². The molecule has 1 fully saturated rings. The van der Waals surface area contributed by atoms with Crippen LogP contribution in [-0.2, 0) is 30.0 Å². The van der Waals surface area contributed by atoms with E-state index < -0.39 is 61.4 Å². The monoisotopic (exact) mass is 589 g/mol. The molecule has 0 saturated carbocycles. The van der Waals surface area contributed by atoms with Crippen LogP contribution in [0.2, 0.25) is 0 Å². The molecule has 1 unspecified atom stereocenters. The lowest BCUT2D eigenvalue weighted by molar-refractivity contribution is -0.146. The van der Waals surface area contributed by atoms with Crippen molar-refractivity contribution in [3.8, 4) is 5.75 Å². The minimum atomic E-state index is -4.40. The van der Waals surface area contributed by atoms with Crippen LogP contribution in [0.15, 0.2) is 89.1 Å². The van der Waals surface area contributed by atoms with E-state index in [0.29, 0.717) is 6.20 Å². The zero-order valence-electron chi connectivity index (χ0n) is 21.9. The lowest BCUT2D eigenvalue weighted by Gasteiger charge is -2.29. The molecule has 3 N–H and O–H groups in total. The van der Waals surface area contributed by atoms with E-state index in [2.05, 4.69) is 11.7 Å². The number of nitrogens with zero attached hydrogens (tertiary/aromatic N) is 1. The molecule has 1 aromatic heterocycles. The molecule has 4 rings (SSSR count). The molecule has 6 atom stereocenters. The first-order chi connectivity index (χ1) is 19.6. The number of aromatic amines is 1. The standard InChI is InChI=1S/C27H29FN3O9P/c1-3-22(24-21(32)14-23(38-24)31-15-20(28)25(33)29-27(31)35)40-41(36,39-19-12-8-5-9-13-19)30-17(2)26(34)37-16-18-10-6-4-7-11-18/h3-13,15,17,21-24,32H,1,14,16H2,2H3,(H,30,36)(H,29,33,35)/t17-,21?,22+,23+,24-,41-/m0/s1. The van der Waals surface area contributed by atoms with Crippen LogP contribution in [0.5, 0.6) is 5.75 Å². The first-order valence-corrected chi connectivity index (χ1v) is 14.1. The van der Waals surface area contributed by atoms with E-state index in [0.717, 1.165) is 10.1 Å². The fourth-order valence-electron chi connectivity index (χ4n) is 4.06. The molecule has 2 aromatic carbocycles. The van der Waals surface area contributed by atoms with Crippen molar-refractivity contribution in [3.63, 3.8) is 0 Å². The summed E-state index contributed by atoms with van der Waals surface area (Å²) in [4.78, 5) is 38.1. The Labute approximate surface area is 233 Å². The van der Waals surface area contributed by atoms with E-state index in [4.69, 9.17) is 18.5 Å². The van der Waals surface area contributed by atoms with Gasteiger partial charge in [-0.05, 0) is 24.6 Å². The SMILES string of the molecule is C=C[C@@H](O[P@](=O)(N[C@@H](C)C(=O)OCc1ccccc1)Oc1ccccc1)[C@H]1O[C@@H](n2cc(F)c(=O)[nH]c2=O)CC1O. The number of benzene rings is 2. The van der Waals surface area contributed by atoms with Crippen LogP contribution in [0.3, 0.4) is 0 Å². The van der Waals surface area contributed by atoms with Gasteiger partial charge in [0.15, 0.2) is 0 Å². The normalized spacial score (nSPS) is 21.4. The van der Waals surface area contributed by atoms with Gasteiger partial charge in [-0.25, -0.2) is 9.36 Å². The summed E-state index contributed by atoms with van der Waals surface area (Å²) in [6.07, 6.45) is -3.34. The van der Waals surface area contributed by atoms with Crippen molar-refractivity contribution in [3.05, 3.63) is 112 Å². The van der Waals surface area contributed by atoms with Gasteiger partial charge in [0.2, 0.25) is 5.82 Å². The van der Waals surface area contributed by atoms with Crippen LogP contribution in [0, 0.1) is 5.82 Å². The van der Waals surface area contributed by atoms with Gasteiger partial charge in [0, 0.05) is 6.42 Å². The number of esters is 1. The lowest BCUT2D eigenvalue weighted by atomic mass is 10.1. The molecule has 0 spiro atoms. The van der Waals surface area contributed by atoms with Gasteiger partial charge in [0.1, 0.15) is 36.8 Å². The number of hydrogen-bond donors (Lipinski definition) is 3. The number of H-pyrrole nitrogens is 1. The second-order valence-electron chi connectivity index (χ2n) is 9.15. The Morgan fingerprint density at radius 3 is 2.56 bits per heavy atom. The summed E-state index contributed by atoms with van der Waals surface area (Å²) >= 11 is 0. The molecule has 1 aliphatic heterocycles. The van der Waals surface area contributed by atoms with E-state index in [9.17, 15) is 28.4 Å². The Morgan fingerprint density at radius 2 is 1.90 bits per heavy atom. The molecule has 1 aliphatic rings. The Morgan fingerprint density at radius 1 is 1.24 bits per heavy atom. The van der Waals surface area contributed by atoms with Crippen LogP contribution in [0.1, 0.15) is 25.1 Å². The highest BCUT2D eigenvalue weighted by Crippen LogP contribution is 2.48. The summed E-state index contributed by atoms with van der Waals surface area (Å²) in [5.74, 6) is -1.81. The topological polar surface area (TPSA) is 158 Å². The van der Waals surface area contributed by atoms with E-state index in [1.807, 2.05) is 11.1 Å². The predicted molar refractivity (Wildman–Crippen MR) is 144 cm³/mol. The highest BCUT2D eigenvalue weighted by Gasteiger charge is 2.44. The fraction of sp³-hybridized carbons (Fsp3) is 0.296. The van der Waals surface area contributed by atoms with E-state index in [-0.39, 0.29) is 18.8 Å². The van der Waals surface area contributed by atoms with Crippen LogP contribution >= 0.6 is 7.75 Å². The quantitative estimate of drug-likeness (QED) is 0.163. The smallest absolute Gasteiger partial charge is 0.460 e. The van der Waals surface area contributed by atoms with Gasteiger partial charge >= 0.3 is 19.4 Å². The Kier molecular flexibility index (Phi) is 9.69. The number of aliphatic hydroxyl groups is 1. The first kappa shape index (κ1) is 30.1. The number of nitrogens with one attached hydrogen (secondary N) is 2. The summed E-state index contributed by atoms with van der Waals surface area (Å²) < 4.78 is 51.1. The third-order valence-corrected chi connectivity index (χ3v) is 7.76. The van der Waals surface area contributed by atoms with Gasteiger partial charge in [-0.2, -0.15) is 9.48 Å². The number of para-hydroxylation sites is 1. The molecule has 14 heteroatoms. The van der Waals surface area contributed by atoms with Gasteiger partial charge in [-0.1, -0.05) is 54.6 Å². The summed E-state index contributed by atoms with van der Waals surface area (Å²) in [5, 5.41) is 13.3. The number of hydrogen-bond acceptors (Lipinski definition) is 9.